The Morgan fingerprint density at radius 1 is 1.07 bits per heavy atom. The summed E-state index contributed by atoms with van der Waals surface area (Å²) in [5.74, 6) is 2.07. The highest BCUT2D eigenvalue weighted by atomic mass is 16.5. The van der Waals surface area contributed by atoms with E-state index in [1.54, 1.807) is 21.3 Å². The summed E-state index contributed by atoms with van der Waals surface area (Å²) in [6.07, 6.45) is 2.32. The van der Waals surface area contributed by atoms with Crippen LogP contribution < -0.4 is 19.5 Å². The van der Waals surface area contributed by atoms with Crippen LogP contribution in [0.5, 0.6) is 17.2 Å². The molecule has 2 heterocycles. The Kier molecular flexibility index (Phi) is 7.97. The summed E-state index contributed by atoms with van der Waals surface area (Å²) in [6.45, 7) is 6.17. The van der Waals surface area contributed by atoms with Crippen molar-refractivity contribution in [1.29, 1.82) is 0 Å². The zero-order chi connectivity index (χ0) is 20.6. The van der Waals surface area contributed by atoms with Crippen LogP contribution in [-0.2, 0) is 16.1 Å². The van der Waals surface area contributed by atoms with E-state index in [1.165, 1.54) is 0 Å². The molecule has 2 fully saturated rings. The summed E-state index contributed by atoms with van der Waals surface area (Å²) >= 11 is 0. The SMILES string of the molecule is COc1ccc(CN2CCN(CC(=O)NC[C@@H]3CCCO3)CC2)c(OC)c1OC. The molecule has 29 heavy (non-hydrogen) atoms. The van der Waals surface area contributed by atoms with Crippen LogP contribution >= 0.6 is 0 Å². The molecule has 1 aromatic rings. The largest absolute Gasteiger partial charge is 0.493 e. The van der Waals surface area contributed by atoms with Crippen molar-refractivity contribution in [2.24, 2.45) is 0 Å². The van der Waals surface area contributed by atoms with E-state index in [-0.39, 0.29) is 12.0 Å². The molecule has 8 nitrogen and oxygen atoms in total. The molecule has 0 aromatic heterocycles. The molecule has 162 valence electrons. The van der Waals surface area contributed by atoms with Gasteiger partial charge in [0.25, 0.3) is 0 Å². The minimum absolute atomic E-state index is 0.0792. The van der Waals surface area contributed by atoms with Gasteiger partial charge in [0.15, 0.2) is 11.5 Å². The number of ether oxygens (including phenoxy) is 4. The van der Waals surface area contributed by atoms with E-state index in [0.29, 0.717) is 30.3 Å². The second kappa shape index (κ2) is 10.7. The molecule has 1 atom stereocenters. The number of nitrogens with zero attached hydrogens (tertiary/aromatic N) is 2. The first-order valence-corrected chi connectivity index (χ1v) is 10.3. The van der Waals surface area contributed by atoms with Crippen LogP contribution in [0.15, 0.2) is 12.1 Å². The molecule has 1 amide bonds. The number of nitrogens with one attached hydrogen (secondary N) is 1. The van der Waals surface area contributed by atoms with Gasteiger partial charge >= 0.3 is 0 Å². The van der Waals surface area contributed by atoms with Crippen molar-refractivity contribution in [2.75, 3.05) is 67.2 Å². The van der Waals surface area contributed by atoms with Gasteiger partial charge in [0, 0.05) is 51.4 Å². The fourth-order valence-electron chi connectivity index (χ4n) is 3.93. The van der Waals surface area contributed by atoms with Gasteiger partial charge in [-0.1, -0.05) is 6.07 Å². The van der Waals surface area contributed by atoms with E-state index in [4.69, 9.17) is 18.9 Å². The number of benzene rings is 1. The maximum absolute atomic E-state index is 12.2. The van der Waals surface area contributed by atoms with Crippen LogP contribution in [0.4, 0.5) is 0 Å². The van der Waals surface area contributed by atoms with Crippen LogP contribution in [-0.4, -0.2) is 89.0 Å². The Bertz CT molecular complexity index is 671. The fourth-order valence-corrected chi connectivity index (χ4v) is 3.93. The molecule has 1 N–H and O–H groups in total. The number of amides is 1. The van der Waals surface area contributed by atoms with Gasteiger partial charge < -0.3 is 24.3 Å². The smallest absolute Gasteiger partial charge is 0.234 e. The molecule has 0 bridgehead atoms. The summed E-state index contributed by atoms with van der Waals surface area (Å²) in [6, 6.07) is 3.93. The van der Waals surface area contributed by atoms with Crippen LogP contribution in [0.2, 0.25) is 0 Å². The molecule has 8 heteroatoms. The van der Waals surface area contributed by atoms with Crippen molar-refractivity contribution in [3.63, 3.8) is 0 Å². The number of hydrogen-bond acceptors (Lipinski definition) is 7. The van der Waals surface area contributed by atoms with Crippen molar-refractivity contribution in [1.82, 2.24) is 15.1 Å². The van der Waals surface area contributed by atoms with Crippen molar-refractivity contribution >= 4 is 5.91 Å². The van der Waals surface area contributed by atoms with Crippen LogP contribution in [0.3, 0.4) is 0 Å². The zero-order valence-electron chi connectivity index (χ0n) is 17.7. The fraction of sp³-hybridized carbons (Fsp3) is 0.667. The number of carbonyl (C=O) groups excluding carboxylic acids is 1. The summed E-state index contributed by atoms with van der Waals surface area (Å²) in [5.41, 5.74) is 1.06. The second-order valence-corrected chi connectivity index (χ2v) is 7.48. The van der Waals surface area contributed by atoms with Gasteiger partial charge in [0.1, 0.15) is 0 Å². The average molecular weight is 408 g/mol. The lowest BCUT2D eigenvalue weighted by Crippen LogP contribution is -2.49. The third kappa shape index (κ3) is 5.74. The first-order valence-electron chi connectivity index (χ1n) is 10.3. The summed E-state index contributed by atoms with van der Waals surface area (Å²) in [4.78, 5) is 16.8. The molecule has 1 aromatic carbocycles. The molecule has 2 saturated heterocycles. The monoisotopic (exact) mass is 407 g/mol. The van der Waals surface area contributed by atoms with Gasteiger partial charge in [-0.05, 0) is 18.9 Å². The standard InChI is InChI=1S/C21H33N3O5/c1-26-18-7-6-16(20(27-2)21(18)28-3)14-23-8-10-24(11-9-23)15-19(25)22-13-17-5-4-12-29-17/h6-7,17H,4-5,8-15H2,1-3H3,(H,22,25)/t17-/m0/s1. The topological polar surface area (TPSA) is 72.5 Å². The normalized spacial score (nSPS) is 20.4. The molecule has 0 spiro atoms. The number of carbonyl (C=O) groups is 1. The number of piperazine rings is 1. The van der Waals surface area contributed by atoms with E-state index in [1.807, 2.05) is 12.1 Å². The van der Waals surface area contributed by atoms with Gasteiger partial charge in [0.05, 0.1) is 34.0 Å². The van der Waals surface area contributed by atoms with Crippen LogP contribution in [0.25, 0.3) is 0 Å². The Balaban J connectivity index is 1.46. The zero-order valence-corrected chi connectivity index (χ0v) is 17.7. The summed E-state index contributed by atoms with van der Waals surface area (Å²) in [7, 11) is 4.88. The molecule has 2 aliphatic heterocycles. The average Bonchev–Trinajstić information content (AvgIpc) is 3.27. The van der Waals surface area contributed by atoms with E-state index >= 15 is 0 Å². The quantitative estimate of drug-likeness (QED) is 0.658. The molecule has 3 rings (SSSR count). The maximum atomic E-state index is 12.2. The van der Waals surface area contributed by atoms with Gasteiger partial charge in [-0.25, -0.2) is 0 Å². The number of hydrogen-bond donors (Lipinski definition) is 1. The van der Waals surface area contributed by atoms with E-state index in [0.717, 1.165) is 57.7 Å². The maximum Gasteiger partial charge on any atom is 0.234 e. The van der Waals surface area contributed by atoms with Crippen molar-refractivity contribution < 1.29 is 23.7 Å². The third-order valence-corrected chi connectivity index (χ3v) is 5.56. The Hall–Kier alpha value is -2.03. The highest BCUT2D eigenvalue weighted by Crippen LogP contribution is 2.40. The predicted molar refractivity (Wildman–Crippen MR) is 110 cm³/mol. The van der Waals surface area contributed by atoms with Gasteiger partial charge in [-0.3, -0.25) is 14.6 Å². The van der Waals surface area contributed by atoms with Crippen molar-refractivity contribution in [3.05, 3.63) is 17.7 Å². The van der Waals surface area contributed by atoms with Gasteiger partial charge in [0.2, 0.25) is 11.7 Å². The molecular weight excluding hydrogens is 374 g/mol. The molecule has 0 saturated carbocycles. The number of methoxy groups -OCH3 is 3. The second-order valence-electron chi connectivity index (χ2n) is 7.48. The molecule has 2 aliphatic rings. The minimum Gasteiger partial charge on any atom is -0.493 e. The molecular formula is C21H33N3O5. The molecule has 0 radical (unpaired) electrons. The lowest BCUT2D eigenvalue weighted by molar-refractivity contribution is -0.123. The van der Waals surface area contributed by atoms with Gasteiger partial charge in [-0.2, -0.15) is 0 Å². The predicted octanol–water partition coefficient (Wildman–Crippen LogP) is 1.13. The van der Waals surface area contributed by atoms with Crippen LogP contribution in [0, 0.1) is 0 Å². The molecule has 0 aliphatic carbocycles. The van der Waals surface area contributed by atoms with E-state index in [9.17, 15) is 4.79 Å². The van der Waals surface area contributed by atoms with Gasteiger partial charge in [-0.15, -0.1) is 0 Å². The van der Waals surface area contributed by atoms with Crippen molar-refractivity contribution in [3.8, 4) is 17.2 Å². The van der Waals surface area contributed by atoms with E-state index < -0.39 is 0 Å². The van der Waals surface area contributed by atoms with Crippen LogP contribution in [0.1, 0.15) is 18.4 Å². The lowest BCUT2D eigenvalue weighted by atomic mass is 10.1. The Labute approximate surface area is 173 Å². The Morgan fingerprint density at radius 2 is 1.79 bits per heavy atom. The summed E-state index contributed by atoms with van der Waals surface area (Å²) in [5, 5.41) is 3.00. The third-order valence-electron chi connectivity index (χ3n) is 5.56. The lowest BCUT2D eigenvalue weighted by Gasteiger charge is -2.34. The molecule has 0 unspecified atom stereocenters. The Morgan fingerprint density at radius 3 is 2.41 bits per heavy atom. The highest BCUT2D eigenvalue weighted by Gasteiger charge is 2.23. The first kappa shape index (κ1) is 21.7. The van der Waals surface area contributed by atoms with Crippen molar-refractivity contribution in [2.45, 2.75) is 25.5 Å². The number of rotatable bonds is 9. The minimum atomic E-state index is 0.0792. The summed E-state index contributed by atoms with van der Waals surface area (Å²) < 4.78 is 22.0. The first-order chi connectivity index (χ1) is 14.1. The van der Waals surface area contributed by atoms with E-state index in [2.05, 4.69) is 15.1 Å². The highest BCUT2D eigenvalue weighted by molar-refractivity contribution is 5.78.